The number of aryl methyl sites for hydroxylation is 1. The molecule has 0 spiro atoms. The lowest BCUT2D eigenvalue weighted by Gasteiger charge is -2.11. The minimum atomic E-state index is -0.408. The summed E-state index contributed by atoms with van der Waals surface area (Å²) in [6, 6.07) is 2.18. The van der Waals surface area contributed by atoms with Crippen LogP contribution in [0.5, 0.6) is 0 Å². The van der Waals surface area contributed by atoms with Crippen molar-refractivity contribution in [3.8, 4) is 6.07 Å². The standard InChI is InChI=1S/C14H14N4O2S/c1-8-7-18-13(20)11(6-16-14(18)21-8)12(19)17-10-3-2-9(4-10)5-15/h6-7,9-10H,2-4H2,1H3,(H,17,19)/t9-,10+/m0/s1. The van der Waals surface area contributed by atoms with Crippen LogP contribution in [0.25, 0.3) is 4.96 Å². The number of thiazole rings is 1. The number of nitrogens with zero attached hydrogens (tertiary/aromatic N) is 3. The Morgan fingerprint density at radius 3 is 3.10 bits per heavy atom. The molecule has 108 valence electrons. The Hall–Kier alpha value is -2.20. The Balaban J connectivity index is 1.84. The summed E-state index contributed by atoms with van der Waals surface area (Å²) in [5.74, 6) is -0.411. The Morgan fingerprint density at radius 2 is 2.38 bits per heavy atom. The number of carbonyl (C=O) groups excluding carboxylic acids is 1. The van der Waals surface area contributed by atoms with E-state index in [0.717, 1.165) is 17.7 Å². The van der Waals surface area contributed by atoms with Crippen molar-refractivity contribution < 1.29 is 4.79 Å². The molecule has 0 saturated heterocycles. The topological polar surface area (TPSA) is 87.3 Å². The number of nitrogens with one attached hydrogen (secondary N) is 1. The molecule has 1 saturated carbocycles. The first-order chi connectivity index (χ1) is 10.1. The first-order valence-electron chi connectivity index (χ1n) is 6.77. The Morgan fingerprint density at radius 1 is 1.57 bits per heavy atom. The van der Waals surface area contributed by atoms with E-state index >= 15 is 0 Å². The van der Waals surface area contributed by atoms with Crippen molar-refractivity contribution in [2.24, 2.45) is 5.92 Å². The number of hydrogen-bond acceptors (Lipinski definition) is 5. The van der Waals surface area contributed by atoms with E-state index in [4.69, 9.17) is 5.26 Å². The third-order valence-electron chi connectivity index (χ3n) is 3.72. The molecular weight excluding hydrogens is 288 g/mol. The van der Waals surface area contributed by atoms with E-state index in [-0.39, 0.29) is 23.1 Å². The fourth-order valence-electron chi connectivity index (χ4n) is 2.64. The first-order valence-corrected chi connectivity index (χ1v) is 7.58. The second kappa shape index (κ2) is 5.30. The van der Waals surface area contributed by atoms with Gasteiger partial charge in [0.15, 0.2) is 4.96 Å². The summed E-state index contributed by atoms with van der Waals surface area (Å²) in [6.45, 7) is 1.89. The molecule has 21 heavy (non-hydrogen) atoms. The Bertz CT molecular complexity index is 801. The summed E-state index contributed by atoms with van der Waals surface area (Å²) in [5.41, 5.74) is -0.303. The molecule has 0 unspecified atom stereocenters. The van der Waals surface area contributed by atoms with Gasteiger partial charge in [0.2, 0.25) is 0 Å². The van der Waals surface area contributed by atoms with Crippen LogP contribution in [0.2, 0.25) is 0 Å². The van der Waals surface area contributed by atoms with E-state index in [1.165, 1.54) is 21.9 Å². The molecule has 7 heteroatoms. The van der Waals surface area contributed by atoms with Gasteiger partial charge in [0.05, 0.1) is 6.07 Å². The van der Waals surface area contributed by atoms with Gasteiger partial charge >= 0.3 is 0 Å². The average molecular weight is 302 g/mol. The van der Waals surface area contributed by atoms with Crippen molar-refractivity contribution >= 4 is 22.2 Å². The largest absolute Gasteiger partial charge is 0.349 e. The fourth-order valence-corrected chi connectivity index (χ4v) is 3.43. The van der Waals surface area contributed by atoms with Gasteiger partial charge in [0.1, 0.15) is 5.56 Å². The Labute approximate surface area is 125 Å². The van der Waals surface area contributed by atoms with Crippen molar-refractivity contribution in [2.45, 2.75) is 32.2 Å². The minimum absolute atomic E-state index is 0.00322. The predicted octanol–water partition coefficient (Wildman–Crippen LogP) is 1.49. The highest BCUT2D eigenvalue weighted by molar-refractivity contribution is 7.16. The lowest BCUT2D eigenvalue weighted by atomic mass is 10.1. The van der Waals surface area contributed by atoms with Crippen LogP contribution < -0.4 is 10.9 Å². The van der Waals surface area contributed by atoms with E-state index in [1.807, 2.05) is 6.92 Å². The number of aromatic nitrogens is 2. The predicted molar refractivity (Wildman–Crippen MR) is 78.3 cm³/mol. The molecule has 0 radical (unpaired) electrons. The van der Waals surface area contributed by atoms with Gasteiger partial charge in [-0.1, -0.05) is 0 Å². The van der Waals surface area contributed by atoms with E-state index in [1.54, 1.807) is 6.20 Å². The normalized spacial score (nSPS) is 21.3. The molecule has 2 aromatic rings. The molecule has 1 N–H and O–H groups in total. The van der Waals surface area contributed by atoms with Crippen LogP contribution >= 0.6 is 11.3 Å². The summed E-state index contributed by atoms with van der Waals surface area (Å²) in [6.07, 6.45) is 5.24. The van der Waals surface area contributed by atoms with E-state index < -0.39 is 5.91 Å². The van der Waals surface area contributed by atoms with E-state index in [2.05, 4.69) is 16.4 Å². The second-order valence-electron chi connectivity index (χ2n) is 5.28. The molecule has 0 bridgehead atoms. The SMILES string of the molecule is Cc1cn2c(=O)c(C(=O)N[C@@H]3CC[C@H](C#N)C3)cnc2s1. The van der Waals surface area contributed by atoms with Crippen LogP contribution in [0.1, 0.15) is 34.5 Å². The van der Waals surface area contributed by atoms with Crippen LogP contribution in [0.3, 0.4) is 0 Å². The van der Waals surface area contributed by atoms with Gasteiger partial charge in [0, 0.05) is 29.2 Å². The molecule has 2 atom stereocenters. The third-order valence-corrected chi connectivity index (χ3v) is 4.63. The average Bonchev–Trinajstić information content (AvgIpc) is 3.05. The van der Waals surface area contributed by atoms with Gasteiger partial charge in [-0.05, 0) is 26.2 Å². The number of nitriles is 1. The number of rotatable bonds is 2. The molecule has 2 heterocycles. The molecule has 1 aliphatic carbocycles. The summed E-state index contributed by atoms with van der Waals surface area (Å²) in [7, 11) is 0. The quantitative estimate of drug-likeness (QED) is 0.910. The van der Waals surface area contributed by atoms with Crippen molar-refractivity contribution in [1.29, 1.82) is 5.26 Å². The molecule has 1 amide bonds. The zero-order valence-electron chi connectivity index (χ0n) is 11.5. The lowest BCUT2D eigenvalue weighted by Crippen LogP contribution is -2.37. The Kier molecular flexibility index (Phi) is 3.47. The summed E-state index contributed by atoms with van der Waals surface area (Å²) in [5, 5.41) is 11.7. The number of amides is 1. The minimum Gasteiger partial charge on any atom is -0.349 e. The third kappa shape index (κ3) is 2.54. The van der Waals surface area contributed by atoms with Gasteiger partial charge in [-0.15, -0.1) is 11.3 Å². The molecule has 1 aliphatic rings. The highest BCUT2D eigenvalue weighted by Crippen LogP contribution is 2.24. The molecule has 3 rings (SSSR count). The van der Waals surface area contributed by atoms with Gasteiger partial charge in [0.25, 0.3) is 11.5 Å². The van der Waals surface area contributed by atoms with Crippen LogP contribution in [0.15, 0.2) is 17.2 Å². The monoisotopic (exact) mass is 302 g/mol. The molecule has 6 nitrogen and oxygen atoms in total. The lowest BCUT2D eigenvalue weighted by molar-refractivity contribution is 0.0935. The zero-order valence-corrected chi connectivity index (χ0v) is 12.3. The maximum absolute atomic E-state index is 12.3. The van der Waals surface area contributed by atoms with Gasteiger partial charge in [-0.25, -0.2) is 4.98 Å². The number of hydrogen-bond donors (Lipinski definition) is 1. The van der Waals surface area contributed by atoms with Gasteiger partial charge in [-0.3, -0.25) is 14.0 Å². The summed E-state index contributed by atoms with van der Waals surface area (Å²) >= 11 is 1.41. The molecule has 2 aromatic heterocycles. The van der Waals surface area contributed by atoms with Crippen molar-refractivity contribution in [3.05, 3.63) is 33.2 Å². The summed E-state index contributed by atoms with van der Waals surface area (Å²) in [4.78, 5) is 30.2. The molecule has 1 fully saturated rings. The highest BCUT2D eigenvalue weighted by Gasteiger charge is 2.26. The second-order valence-corrected chi connectivity index (χ2v) is 6.49. The zero-order chi connectivity index (χ0) is 15.0. The first kappa shape index (κ1) is 13.8. The van der Waals surface area contributed by atoms with Crippen LogP contribution in [0, 0.1) is 24.2 Å². The van der Waals surface area contributed by atoms with Gasteiger partial charge in [-0.2, -0.15) is 5.26 Å². The van der Waals surface area contributed by atoms with E-state index in [9.17, 15) is 9.59 Å². The summed E-state index contributed by atoms with van der Waals surface area (Å²) < 4.78 is 1.40. The van der Waals surface area contributed by atoms with Crippen LogP contribution in [-0.4, -0.2) is 21.3 Å². The van der Waals surface area contributed by atoms with Crippen LogP contribution in [0.4, 0.5) is 0 Å². The fraction of sp³-hybridized carbons (Fsp3) is 0.429. The van der Waals surface area contributed by atoms with Crippen molar-refractivity contribution in [2.75, 3.05) is 0 Å². The number of fused-ring (bicyclic) bond motifs is 1. The maximum Gasteiger partial charge on any atom is 0.271 e. The van der Waals surface area contributed by atoms with Crippen molar-refractivity contribution in [3.63, 3.8) is 0 Å². The smallest absolute Gasteiger partial charge is 0.271 e. The maximum atomic E-state index is 12.3. The molecular formula is C14H14N4O2S. The van der Waals surface area contributed by atoms with E-state index in [0.29, 0.717) is 11.4 Å². The molecule has 0 aromatic carbocycles. The van der Waals surface area contributed by atoms with Gasteiger partial charge < -0.3 is 5.32 Å². The van der Waals surface area contributed by atoms with Crippen molar-refractivity contribution in [1.82, 2.24) is 14.7 Å². The molecule has 0 aliphatic heterocycles. The highest BCUT2D eigenvalue weighted by atomic mass is 32.1. The number of carbonyl (C=O) groups is 1. The van der Waals surface area contributed by atoms with Crippen LogP contribution in [-0.2, 0) is 0 Å².